The molecule has 0 bridgehead atoms. The number of nitrogens with one attached hydrogen (secondary N) is 1. The molecule has 0 heterocycles. The van der Waals surface area contributed by atoms with Crippen LogP contribution in [-0.2, 0) is 14.3 Å². The maximum absolute atomic E-state index is 12.5. The van der Waals surface area contributed by atoms with Crippen molar-refractivity contribution < 1.29 is 24.5 Å². The molecule has 6 nitrogen and oxygen atoms in total. The van der Waals surface area contributed by atoms with Gasteiger partial charge in [-0.1, -0.05) is 309 Å². The van der Waals surface area contributed by atoms with Crippen molar-refractivity contribution in [2.75, 3.05) is 13.2 Å². The van der Waals surface area contributed by atoms with E-state index in [1.807, 2.05) is 0 Å². The highest BCUT2D eigenvalue weighted by atomic mass is 16.5. The van der Waals surface area contributed by atoms with Gasteiger partial charge in [-0.25, -0.2) is 0 Å². The molecule has 0 rings (SSSR count). The van der Waals surface area contributed by atoms with Crippen LogP contribution in [0.4, 0.5) is 0 Å². The van der Waals surface area contributed by atoms with Crippen LogP contribution in [-0.4, -0.2) is 47.4 Å². The molecule has 0 aromatic heterocycles. The second-order valence-corrected chi connectivity index (χ2v) is 22.1. The van der Waals surface area contributed by atoms with Crippen molar-refractivity contribution in [2.45, 2.75) is 373 Å². The number of ether oxygens (including phenoxy) is 1. The average molecular weight is 989 g/mol. The molecule has 416 valence electrons. The molecule has 0 spiro atoms. The normalized spacial score (nSPS) is 12.6. The Hall–Kier alpha value is -1.40. The van der Waals surface area contributed by atoms with E-state index in [0.29, 0.717) is 25.9 Å². The van der Waals surface area contributed by atoms with Crippen LogP contribution in [0.1, 0.15) is 361 Å². The molecule has 6 heteroatoms. The molecule has 0 aliphatic heterocycles. The average Bonchev–Trinajstić information content (AvgIpc) is 3.36. The minimum atomic E-state index is -0.671. The van der Waals surface area contributed by atoms with E-state index in [4.69, 9.17) is 4.74 Å². The third kappa shape index (κ3) is 55.9. The lowest BCUT2D eigenvalue weighted by atomic mass is 10.0. The highest BCUT2D eigenvalue weighted by Crippen LogP contribution is 2.18. The Morgan fingerprint density at radius 1 is 0.386 bits per heavy atom. The predicted molar refractivity (Wildman–Crippen MR) is 306 cm³/mol. The van der Waals surface area contributed by atoms with Gasteiger partial charge in [-0.15, -0.1) is 0 Å². The first-order valence-corrected chi connectivity index (χ1v) is 31.9. The van der Waals surface area contributed by atoms with Gasteiger partial charge in [0, 0.05) is 12.8 Å². The van der Waals surface area contributed by atoms with Crippen LogP contribution in [0.25, 0.3) is 0 Å². The van der Waals surface area contributed by atoms with Crippen molar-refractivity contribution in [3.8, 4) is 0 Å². The number of hydrogen-bond donors (Lipinski definition) is 3. The van der Waals surface area contributed by atoms with Crippen LogP contribution in [0.2, 0.25) is 0 Å². The van der Waals surface area contributed by atoms with Gasteiger partial charge in [-0.3, -0.25) is 9.59 Å². The zero-order valence-corrected chi connectivity index (χ0v) is 47.5. The minimum Gasteiger partial charge on any atom is -0.466 e. The quantitative estimate of drug-likeness (QED) is 0.0321. The van der Waals surface area contributed by atoms with Crippen LogP contribution < -0.4 is 5.32 Å². The Bertz CT molecular complexity index is 1050. The molecule has 2 unspecified atom stereocenters. The molecule has 0 aliphatic carbocycles. The lowest BCUT2D eigenvalue weighted by molar-refractivity contribution is -0.143. The lowest BCUT2D eigenvalue weighted by Crippen LogP contribution is -2.45. The summed E-state index contributed by atoms with van der Waals surface area (Å²) in [6.45, 7) is 4.97. The topological polar surface area (TPSA) is 95.9 Å². The van der Waals surface area contributed by atoms with E-state index < -0.39 is 12.1 Å². The van der Waals surface area contributed by atoms with Gasteiger partial charge in [-0.05, 0) is 51.4 Å². The summed E-state index contributed by atoms with van der Waals surface area (Å²) in [6.07, 6.45) is 72.2. The SMILES string of the molecule is CCCCCCCCCCCCCCCCCCCCCCC(O)C(CO)NC(=O)CCCCCCCCC/C=C\CCCCCCCCCCOC(=O)CCCCCCCCCCCCCCCC. The fraction of sp³-hybridized carbons (Fsp3) is 0.938. The molecule has 1 amide bonds. The Morgan fingerprint density at radius 2 is 0.671 bits per heavy atom. The summed E-state index contributed by atoms with van der Waals surface area (Å²) in [5, 5.41) is 23.4. The minimum absolute atomic E-state index is 0.00720. The standard InChI is InChI=1S/C64H125NO5/c1-3-5-7-9-11-13-15-17-19-20-21-23-26-29-32-36-40-44-48-52-56-62(67)61(60-66)65-63(68)57-53-49-45-41-37-33-30-27-24-22-25-28-31-35-39-43-47-51-55-59-70-64(69)58-54-50-46-42-38-34-18-16-14-12-10-8-6-4-2/h22,24,61-62,66-67H,3-21,23,25-60H2,1-2H3,(H,65,68)/b24-22-. The van der Waals surface area contributed by atoms with Gasteiger partial charge in [0.05, 0.1) is 25.4 Å². The van der Waals surface area contributed by atoms with Crippen molar-refractivity contribution in [1.82, 2.24) is 5.32 Å². The number of aliphatic hydroxyl groups is 2. The summed E-state index contributed by atoms with van der Waals surface area (Å²) in [4.78, 5) is 24.6. The van der Waals surface area contributed by atoms with E-state index in [9.17, 15) is 19.8 Å². The summed E-state index contributed by atoms with van der Waals surface area (Å²) < 4.78 is 5.48. The highest BCUT2D eigenvalue weighted by Gasteiger charge is 2.20. The summed E-state index contributed by atoms with van der Waals surface area (Å²) in [5.74, 6) is -0.0335. The van der Waals surface area contributed by atoms with Gasteiger partial charge in [0.1, 0.15) is 0 Å². The van der Waals surface area contributed by atoms with Crippen LogP contribution >= 0.6 is 0 Å². The first kappa shape index (κ1) is 68.6. The molecule has 70 heavy (non-hydrogen) atoms. The van der Waals surface area contributed by atoms with Crippen molar-refractivity contribution in [3.63, 3.8) is 0 Å². The fourth-order valence-corrected chi connectivity index (χ4v) is 10.2. The van der Waals surface area contributed by atoms with Gasteiger partial charge in [0.15, 0.2) is 0 Å². The summed E-state index contributed by atoms with van der Waals surface area (Å²) in [6, 6.07) is -0.549. The largest absolute Gasteiger partial charge is 0.466 e. The molecule has 0 aliphatic rings. The van der Waals surface area contributed by atoms with E-state index in [1.165, 1.54) is 289 Å². The zero-order chi connectivity index (χ0) is 50.7. The van der Waals surface area contributed by atoms with Crippen LogP contribution in [0, 0.1) is 0 Å². The van der Waals surface area contributed by atoms with Gasteiger partial charge < -0.3 is 20.3 Å². The van der Waals surface area contributed by atoms with Crippen molar-refractivity contribution in [2.24, 2.45) is 0 Å². The maximum atomic E-state index is 12.5. The van der Waals surface area contributed by atoms with Crippen LogP contribution in [0.5, 0.6) is 0 Å². The summed E-state index contributed by atoms with van der Waals surface area (Å²) in [7, 11) is 0. The smallest absolute Gasteiger partial charge is 0.305 e. The number of aliphatic hydroxyl groups excluding tert-OH is 2. The van der Waals surface area contributed by atoms with E-state index in [0.717, 1.165) is 38.5 Å². The zero-order valence-electron chi connectivity index (χ0n) is 47.5. The van der Waals surface area contributed by atoms with Crippen molar-refractivity contribution in [1.29, 1.82) is 0 Å². The summed E-state index contributed by atoms with van der Waals surface area (Å²) in [5.41, 5.74) is 0. The Kier molecular flexibility index (Phi) is 59.0. The van der Waals surface area contributed by atoms with E-state index >= 15 is 0 Å². The van der Waals surface area contributed by atoms with Crippen molar-refractivity contribution in [3.05, 3.63) is 12.2 Å². The predicted octanol–water partition coefficient (Wildman–Crippen LogP) is 20.0. The highest BCUT2D eigenvalue weighted by molar-refractivity contribution is 5.76. The van der Waals surface area contributed by atoms with E-state index in [-0.39, 0.29) is 18.5 Å². The molecular weight excluding hydrogens is 863 g/mol. The number of hydrogen-bond acceptors (Lipinski definition) is 5. The maximum Gasteiger partial charge on any atom is 0.305 e. The Balaban J connectivity index is 3.43. The van der Waals surface area contributed by atoms with Crippen LogP contribution in [0.15, 0.2) is 12.2 Å². The fourth-order valence-electron chi connectivity index (χ4n) is 10.2. The number of esters is 1. The van der Waals surface area contributed by atoms with Crippen molar-refractivity contribution >= 4 is 11.9 Å². The number of rotatable bonds is 60. The Morgan fingerprint density at radius 3 is 1.01 bits per heavy atom. The second kappa shape index (κ2) is 60.2. The monoisotopic (exact) mass is 988 g/mol. The van der Waals surface area contributed by atoms with Crippen LogP contribution in [0.3, 0.4) is 0 Å². The molecule has 0 aromatic carbocycles. The first-order valence-electron chi connectivity index (χ1n) is 31.9. The number of amides is 1. The number of allylic oxidation sites excluding steroid dienone is 2. The van der Waals surface area contributed by atoms with E-state index in [1.54, 1.807) is 0 Å². The van der Waals surface area contributed by atoms with Gasteiger partial charge in [0.2, 0.25) is 5.91 Å². The van der Waals surface area contributed by atoms with Gasteiger partial charge in [0.25, 0.3) is 0 Å². The number of carbonyl (C=O) groups excluding carboxylic acids is 2. The molecular formula is C64H125NO5. The van der Waals surface area contributed by atoms with Gasteiger partial charge in [-0.2, -0.15) is 0 Å². The molecule has 0 saturated heterocycles. The molecule has 0 aromatic rings. The summed E-state index contributed by atoms with van der Waals surface area (Å²) >= 11 is 0. The molecule has 0 saturated carbocycles. The number of unbranched alkanes of at least 4 members (excludes halogenated alkanes) is 47. The third-order valence-electron chi connectivity index (χ3n) is 15.1. The molecule has 0 radical (unpaired) electrons. The Labute approximate surface area is 438 Å². The third-order valence-corrected chi connectivity index (χ3v) is 15.1. The molecule has 2 atom stereocenters. The lowest BCUT2D eigenvalue weighted by Gasteiger charge is -2.22. The van der Waals surface area contributed by atoms with Gasteiger partial charge >= 0.3 is 5.97 Å². The second-order valence-electron chi connectivity index (χ2n) is 22.1. The molecule has 0 fully saturated rings. The number of carbonyl (C=O) groups is 2. The first-order chi connectivity index (χ1) is 34.5. The molecule has 3 N–H and O–H groups in total. The van der Waals surface area contributed by atoms with E-state index in [2.05, 4.69) is 31.3 Å².